The standard InChI is InChI=1S/C12H10ClN3S/c1-6-4-9-10(14)12-8(11(9)16-17-6)3-2-7(13)5-15-12/h2-5,14-16H,1H3. The first-order valence-electron chi connectivity index (χ1n) is 5.16. The van der Waals surface area contributed by atoms with Crippen LogP contribution in [0.25, 0.3) is 21.8 Å². The molecule has 0 unspecified atom stereocenters. The second-order valence-corrected chi connectivity index (χ2v) is 5.41. The topological polar surface area (TPSA) is 55.4 Å². The number of rotatable bonds is 0. The molecule has 5 heteroatoms. The number of halogens is 1. The monoisotopic (exact) mass is 263 g/mol. The third-order valence-corrected chi connectivity index (χ3v) is 3.73. The van der Waals surface area contributed by atoms with Gasteiger partial charge in [0.15, 0.2) is 0 Å². The van der Waals surface area contributed by atoms with Crippen LogP contribution >= 0.6 is 23.1 Å². The molecule has 0 aliphatic carbocycles. The summed E-state index contributed by atoms with van der Waals surface area (Å²) in [5, 5.41) is 11.2. The number of hydrogen-bond acceptors (Lipinski definition) is 2. The van der Waals surface area contributed by atoms with Gasteiger partial charge >= 0.3 is 0 Å². The number of nitrogens with one attached hydrogen (secondary N) is 3. The van der Waals surface area contributed by atoms with Crippen LogP contribution in [0.2, 0.25) is 5.02 Å². The molecule has 0 bridgehead atoms. The van der Waals surface area contributed by atoms with Crippen molar-refractivity contribution in [2.75, 3.05) is 0 Å². The first-order valence-corrected chi connectivity index (χ1v) is 6.36. The van der Waals surface area contributed by atoms with E-state index in [4.69, 9.17) is 17.0 Å². The van der Waals surface area contributed by atoms with E-state index >= 15 is 0 Å². The van der Waals surface area contributed by atoms with Gasteiger partial charge in [-0.3, -0.25) is 5.41 Å². The molecule has 3 nitrogen and oxygen atoms in total. The molecule has 86 valence electrons. The molecule has 0 saturated heterocycles. The molecule has 1 aromatic carbocycles. The minimum absolute atomic E-state index is 0.509. The summed E-state index contributed by atoms with van der Waals surface area (Å²) in [7, 11) is 0. The van der Waals surface area contributed by atoms with E-state index in [2.05, 4.69) is 9.36 Å². The van der Waals surface area contributed by atoms with E-state index in [0.717, 1.165) is 26.7 Å². The van der Waals surface area contributed by atoms with E-state index in [1.165, 1.54) is 0 Å². The van der Waals surface area contributed by atoms with E-state index in [1.807, 2.05) is 25.1 Å². The molecule has 0 amide bonds. The Kier molecular flexibility index (Phi) is 2.34. The van der Waals surface area contributed by atoms with Crippen molar-refractivity contribution >= 4 is 44.9 Å². The fourth-order valence-corrected chi connectivity index (χ4v) is 2.73. The Bertz CT molecular complexity index is 795. The van der Waals surface area contributed by atoms with E-state index in [-0.39, 0.29) is 0 Å². The lowest BCUT2D eigenvalue weighted by molar-refractivity contribution is 1.31. The molecular formula is C12H10ClN3S. The van der Waals surface area contributed by atoms with Crippen LogP contribution in [0.1, 0.15) is 4.88 Å². The lowest BCUT2D eigenvalue weighted by Gasteiger charge is -1.92. The molecule has 0 atom stereocenters. The lowest BCUT2D eigenvalue weighted by Crippen LogP contribution is -1.95. The van der Waals surface area contributed by atoms with Gasteiger partial charge in [0.05, 0.1) is 21.4 Å². The van der Waals surface area contributed by atoms with E-state index in [9.17, 15) is 0 Å². The molecule has 2 aromatic heterocycles. The van der Waals surface area contributed by atoms with Gasteiger partial charge in [-0.15, -0.1) is 0 Å². The zero-order valence-corrected chi connectivity index (χ0v) is 10.7. The highest BCUT2D eigenvalue weighted by Gasteiger charge is 2.07. The number of aromatic amines is 2. The van der Waals surface area contributed by atoms with Crippen molar-refractivity contribution in [2.45, 2.75) is 6.92 Å². The summed E-state index contributed by atoms with van der Waals surface area (Å²) < 4.78 is 3.27. The van der Waals surface area contributed by atoms with Crippen LogP contribution < -0.4 is 5.36 Å². The second-order valence-electron chi connectivity index (χ2n) is 3.92. The van der Waals surface area contributed by atoms with Crippen LogP contribution in [0.5, 0.6) is 0 Å². The van der Waals surface area contributed by atoms with Crippen molar-refractivity contribution in [1.82, 2.24) is 9.36 Å². The van der Waals surface area contributed by atoms with Crippen molar-refractivity contribution in [3.63, 3.8) is 0 Å². The van der Waals surface area contributed by atoms with Crippen LogP contribution in [0.4, 0.5) is 0 Å². The number of aryl methyl sites for hydroxylation is 1. The van der Waals surface area contributed by atoms with Gasteiger partial charge in [0.25, 0.3) is 0 Å². The lowest BCUT2D eigenvalue weighted by atomic mass is 10.3. The van der Waals surface area contributed by atoms with Crippen molar-refractivity contribution in [2.24, 2.45) is 0 Å². The molecule has 3 N–H and O–H groups in total. The fraction of sp³-hybridized carbons (Fsp3) is 0.0833. The Labute approximate surface area is 106 Å². The summed E-state index contributed by atoms with van der Waals surface area (Å²) in [6.07, 6.45) is 1.71. The molecule has 0 saturated carbocycles. The minimum atomic E-state index is 0.509. The van der Waals surface area contributed by atoms with Gasteiger partial charge in [-0.2, -0.15) is 0 Å². The normalized spacial score (nSPS) is 11.2. The molecule has 0 fully saturated rings. The van der Waals surface area contributed by atoms with Crippen LogP contribution in [-0.4, -0.2) is 9.36 Å². The smallest absolute Gasteiger partial charge is 0.0875 e. The summed E-state index contributed by atoms with van der Waals surface area (Å²) in [6, 6.07) is 5.80. The number of fused-ring (bicyclic) bond motifs is 3. The van der Waals surface area contributed by atoms with Gasteiger partial charge in [-0.25, -0.2) is 0 Å². The van der Waals surface area contributed by atoms with Gasteiger partial charge in [0.1, 0.15) is 0 Å². The van der Waals surface area contributed by atoms with Gasteiger partial charge in [0, 0.05) is 21.8 Å². The maximum atomic E-state index is 8.17. The fourth-order valence-electron chi connectivity index (χ4n) is 1.95. The first-order chi connectivity index (χ1) is 8.16. The van der Waals surface area contributed by atoms with E-state index in [1.54, 1.807) is 17.7 Å². The molecular weight excluding hydrogens is 254 g/mol. The van der Waals surface area contributed by atoms with E-state index < -0.39 is 0 Å². The van der Waals surface area contributed by atoms with Crippen molar-refractivity contribution in [1.29, 1.82) is 5.41 Å². The number of aromatic nitrogens is 2. The average molecular weight is 264 g/mol. The predicted octanol–water partition coefficient (Wildman–Crippen LogP) is 3.71. The molecule has 0 aliphatic rings. The van der Waals surface area contributed by atoms with Crippen molar-refractivity contribution in [3.05, 3.63) is 39.7 Å². The highest BCUT2D eigenvalue weighted by Crippen LogP contribution is 2.23. The molecule has 0 aliphatic heterocycles. The average Bonchev–Trinajstić information content (AvgIpc) is 2.47. The Morgan fingerprint density at radius 2 is 2.06 bits per heavy atom. The van der Waals surface area contributed by atoms with E-state index in [0.29, 0.717) is 10.4 Å². The molecule has 0 spiro atoms. The van der Waals surface area contributed by atoms with Gasteiger partial charge in [-0.05, 0) is 25.1 Å². The van der Waals surface area contributed by atoms with Crippen molar-refractivity contribution < 1.29 is 0 Å². The Hall–Kier alpha value is -1.52. The highest BCUT2D eigenvalue weighted by atomic mass is 35.5. The summed E-state index contributed by atoms with van der Waals surface area (Å²) in [6.45, 7) is 2.03. The number of H-pyrrole nitrogens is 2. The van der Waals surface area contributed by atoms with Crippen LogP contribution in [0.15, 0.2) is 24.4 Å². The maximum Gasteiger partial charge on any atom is 0.0875 e. The minimum Gasteiger partial charge on any atom is -0.358 e. The number of hydrogen-bond donors (Lipinski definition) is 3. The zero-order chi connectivity index (χ0) is 12.0. The quantitative estimate of drug-likeness (QED) is 0.554. The van der Waals surface area contributed by atoms with Gasteiger partial charge < -0.3 is 9.36 Å². The Morgan fingerprint density at radius 1 is 1.24 bits per heavy atom. The Balaban J connectivity index is 2.63. The summed E-state index contributed by atoms with van der Waals surface area (Å²) in [4.78, 5) is 4.25. The zero-order valence-electron chi connectivity index (χ0n) is 9.10. The van der Waals surface area contributed by atoms with Crippen LogP contribution in [0.3, 0.4) is 0 Å². The van der Waals surface area contributed by atoms with Crippen LogP contribution in [0, 0.1) is 12.3 Å². The first kappa shape index (κ1) is 10.6. The largest absolute Gasteiger partial charge is 0.358 e. The third-order valence-electron chi connectivity index (χ3n) is 2.75. The summed E-state index contributed by atoms with van der Waals surface area (Å²) in [5.74, 6) is 0. The third kappa shape index (κ3) is 1.61. The molecule has 17 heavy (non-hydrogen) atoms. The Morgan fingerprint density at radius 3 is 2.88 bits per heavy atom. The second kappa shape index (κ2) is 3.75. The molecule has 3 aromatic rings. The molecule has 0 radical (unpaired) electrons. The summed E-state index contributed by atoms with van der Waals surface area (Å²) in [5.41, 5.74) is 1.80. The van der Waals surface area contributed by atoms with Crippen molar-refractivity contribution in [3.8, 4) is 0 Å². The maximum absolute atomic E-state index is 8.17. The van der Waals surface area contributed by atoms with Gasteiger partial charge in [0.2, 0.25) is 0 Å². The predicted molar refractivity (Wildman–Crippen MR) is 72.4 cm³/mol. The summed E-state index contributed by atoms with van der Waals surface area (Å²) >= 11 is 7.51. The van der Waals surface area contributed by atoms with Crippen LogP contribution in [-0.2, 0) is 0 Å². The molecule has 3 rings (SSSR count). The SMILES string of the molecule is Cc1cc2c(=N)c3[nH]cc(Cl)ccc3c2[nH]s1. The highest BCUT2D eigenvalue weighted by molar-refractivity contribution is 7.05. The van der Waals surface area contributed by atoms with Gasteiger partial charge in [-0.1, -0.05) is 23.1 Å². The molecule has 2 heterocycles.